The van der Waals surface area contributed by atoms with Crippen molar-refractivity contribution in [2.24, 2.45) is 0 Å². The molecule has 0 aliphatic carbocycles. The van der Waals surface area contributed by atoms with Gasteiger partial charge in [0.25, 0.3) is 0 Å². The van der Waals surface area contributed by atoms with Gasteiger partial charge in [0.1, 0.15) is 11.6 Å². The maximum atomic E-state index is 11.1. The molecule has 0 bridgehead atoms. The van der Waals surface area contributed by atoms with Crippen LogP contribution in [0.3, 0.4) is 0 Å². The van der Waals surface area contributed by atoms with E-state index in [4.69, 9.17) is 0 Å². The molecule has 0 unspecified atom stereocenters. The zero-order valence-corrected chi connectivity index (χ0v) is 18.3. The number of nitrogens with zero attached hydrogens (tertiary/aromatic N) is 4. The summed E-state index contributed by atoms with van der Waals surface area (Å²) in [5.74, 6) is 1.44. The van der Waals surface area contributed by atoms with Crippen molar-refractivity contribution in [3.8, 4) is 5.75 Å². The molecule has 1 aromatic carbocycles. The molecule has 2 aliphatic heterocycles. The average Bonchev–Trinajstić information content (AvgIpc) is 3.20. The molecule has 0 radical (unpaired) electrons. The molecule has 2 fully saturated rings. The zero-order valence-electron chi connectivity index (χ0n) is 18.3. The largest absolute Gasteiger partial charge is 0.508 e. The van der Waals surface area contributed by atoms with Gasteiger partial charge in [-0.2, -0.15) is 0 Å². The van der Waals surface area contributed by atoms with Crippen molar-refractivity contribution in [3.05, 3.63) is 47.5 Å². The maximum absolute atomic E-state index is 11.1. The number of phenols is 1. The molecular weight excluding hydrogens is 376 g/mol. The standard InChI is InChI=1S/C24H36N4O2/c1-2-23-25-10-15-28(23)19-24(30)8-13-27(14-9-24)17-20-6-7-22(29)21(16-20)18-26-11-4-3-5-12-26/h6-7,10,15-16,29-30H,2-5,8-9,11-14,17-19H2,1H3. The number of likely N-dealkylation sites (tertiary alicyclic amines) is 2. The van der Waals surface area contributed by atoms with Crippen molar-refractivity contribution < 1.29 is 10.2 Å². The third kappa shape index (κ3) is 5.23. The Kier molecular flexibility index (Phi) is 6.76. The van der Waals surface area contributed by atoms with Crippen molar-refractivity contribution in [2.45, 2.75) is 70.7 Å². The van der Waals surface area contributed by atoms with E-state index in [9.17, 15) is 10.2 Å². The van der Waals surface area contributed by atoms with Crippen LogP contribution in [0.4, 0.5) is 0 Å². The van der Waals surface area contributed by atoms with E-state index in [0.717, 1.165) is 69.9 Å². The number of piperidine rings is 2. The molecule has 0 amide bonds. The Balaban J connectivity index is 1.33. The van der Waals surface area contributed by atoms with Gasteiger partial charge < -0.3 is 14.8 Å². The summed E-state index contributed by atoms with van der Waals surface area (Å²) in [6.07, 6.45) is 10.1. The summed E-state index contributed by atoms with van der Waals surface area (Å²) in [6, 6.07) is 6.05. The number of hydrogen-bond acceptors (Lipinski definition) is 5. The minimum Gasteiger partial charge on any atom is -0.508 e. The predicted octanol–water partition coefficient (Wildman–Crippen LogP) is 3.16. The van der Waals surface area contributed by atoms with Gasteiger partial charge in [-0.25, -0.2) is 4.98 Å². The molecular formula is C24H36N4O2. The first-order valence-electron chi connectivity index (χ1n) is 11.5. The Labute approximate surface area is 180 Å². The first-order chi connectivity index (χ1) is 14.5. The van der Waals surface area contributed by atoms with E-state index in [1.54, 1.807) is 0 Å². The SMILES string of the molecule is CCc1nccn1CC1(O)CCN(Cc2ccc(O)c(CN3CCCCC3)c2)CC1. The fourth-order valence-electron chi connectivity index (χ4n) is 4.88. The Morgan fingerprint density at radius 2 is 1.73 bits per heavy atom. The maximum Gasteiger partial charge on any atom is 0.120 e. The number of aliphatic hydroxyl groups is 1. The fourth-order valence-corrected chi connectivity index (χ4v) is 4.88. The van der Waals surface area contributed by atoms with Crippen LogP contribution < -0.4 is 0 Å². The Hall–Kier alpha value is -1.89. The first kappa shape index (κ1) is 21.3. The van der Waals surface area contributed by atoms with Crippen LogP contribution in [-0.2, 0) is 26.1 Å². The number of benzene rings is 1. The summed E-state index contributed by atoms with van der Waals surface area (Å²) in [6.45, 7) is 8.46. The molecule has 4 rings (SSSR count). The molecule has 30 heavy (non-hydrogen) atoms. The highest BCUT2D eigenvalue weighted by Crippen LogP contribution is 2.27. The van der Waals surface area contributed by atoms with Gasteiger partial charge in [-0.05, 0) is 56.5 Å². The number of rotatable bonds is 7. The lowest BCUT2D eigenvalue weighted by Gasteiger charge is -2.38. The van der Waals surface area contributed by atoms with E-state index in [1.165, 1.54) is 24.8 Å². The molecule has 2 N–H and O–H groups in total. The Morgan fingerprint density at radius 3 is 2.47 bits per heavy atom. The number of hydrogen-bond donors (Lipinski definition) is 2. The molecule has 164 valence electrons. The summed E-state index contributed by atoms with van der Waals surface area (Å²) >= 11 is 0. The third-order valence-electron chi connectivity index (χ3n) is 6.76. The van der Waals surface area contributed by atoms with Crippen LogP contribution in [0.2, 0.25) is 0 Å². The predicted molar refractivity (Wildman–Crippen MR) is 118 cm³/mol. The average molecular weight is 413 g/mol. The van der Waals surface area contributed by atoms with E-state index >= 15 is 0 Å². The number of aryl methyl sites for hydroxylation is 1. The molecule has 2 aliphatic rings. The lowest BCUT2D eigenvalue weighted by Crippen LogP contribution is -2.46. The van der Waals surface area contributed by atoms with Gasteiger partial charge in [-0.1, -0.05) is 19.4 Å². The topological polar surface area (TPSA) is 64.8 Å². The van der Waals surface area contributed by atoms with Crippen molar-refractivity contribution in [1.29, 1.82) is 0 Å². The van der Waals surface area contributed by atoms with Crippen LogP contribution >= 0.6 is 0 Å². The number of aromatic hydroxyl groups is 1. The van der Waals surface area contributed by atoms with Crippen LogP contribution in [0.15, 0.2) is 30.6 Å². The first-order valence-corrected chi connectivity index (χ1v) is 11.5. The second-order valence-corrected chi connectivity index (χ2v) is 9.13. The van der Waals surface area contributed by atoms with E-state index in [1.807, 2.05) is 24.5 Å². The molecule has 1 aromatic heterocycles. The molecule has 0 saturated carbocycles. The highest BCUT2D eigenvalue weighted by Gasteiger charge is 2.33. The van der Waals surface area contributed by atoms with Gasteiger partial charge in [0.05, 0.1) is 12.1 Å². The van der Waals surface area contributed by atoms with Crippen LogP contribution in [0, 0.1) is 0 Å². The van der Waals surface area contributed by atoms with Gasteiger partial charge >= 0.3 is 0 Å². The van der Waals surface area contributed by atoms with Crippen molar-refractivity contribution in [1.82, 2.24) is 19.4 Å². The van der Waals surface area contributed by atoms with Gasteiger partial charge in [0.15, 0.2) is 0 Å². The highest BCUT2D eigenvalue weighted by molar-refractivity contribution is 5.36. The van der Waals surface area contributed by atoms with Crippen LogP contribution in [-0.4, -0.2) is 61.3 Å². The van der Waals surface area contributed by atoms with Crippen molar-refractivity contribution in [2.75, 3.05) is 26.2 Å². The minimum atomic E-state index is -0.657. The molecule has 0 spiro atoms. The third-order valence-corrected chi connectivity index (χ3v) is 6.76. The van der Waals surface area contributed by atoms with Gasteiger partial charge in [0.2, 0.25) is 0 Å². The lowest BCUT2D eigenvalue weighted by molar-refractivity contribution is -0.0362. The second-order valence-electron chi connectivity index (χ2n) is 9.13. The molecule has 0 atom stereocenters. The molecule has 2 aromatic rings. The normalized spacial score (nSPS) is 20.5. The summed E-state index contributed by atoms with van der Waals surface area (Å²) in [7, 11) is 0. The quantitative estimate of drug-likeness (QED) is 0.731. The van der Waals surface area contributed by atoms with Crippen LogP contribution in [0.25, 0.3) is 0 Å². The van der Waals surface area contributed by atoms with Gasteiger partial charge in [-0.15, -0.1) is 0 Å². The second kappa shape index (κ2) is 9.50. The van der Waals surface area contributed by atoms with E-state index in [2.05, 4.69) is 32.3 Å². The van der Waals surface area contributed by atoms with E-state index in [-0.39, 0.29) is 0 Å². The van der Waals surface area contributed by atoms with E-state index in [0.29, 0.717) is 12.3 Å². The molecule has 2 saturated heterocycles. The van der Waals surface area contributed by atoms with Crippen LogP contribution in [0.5, 0.6) is 5.75 Å². The molecule has 6 heteroatoms. The Bertz CT molecular complexity index is 820. The van der Waals surface area contributed by atoms with Gasteiger partial charge in [0, 0.05) is 50.6 Å². The summed E-state index contributed by atoms with van der Waals surface area (Å²) < 4.78 is 2.10. The van der Waals surface area contributed by atoms with E-state index < -0.39 is 5.60 Å². The number of aromatic nitrogens is 2. The van der Waals surface area contributed by atoms with Crippen molar-refractivity contribution >= 4 is 0 Å². The summed E-state index contributed by atoms with van der Waals surface area (Å²) in [5.41, 5.74) is 1.62. The number of imidazole rings is 1. The zero-order chi connectivity index (χ0) is 21.0. The summed E-state index contributed by atoms with van der Waals surface area (Å²) in [5, 5.41) is 21.4. The minimum absolute atomic E-state index is 0.407. The molecule has 6 nitrogen and oxygen atoms in total. The smallest absolute Gasteiger partial charge is 0.120 e. The highest BCUT2D eigenvalue weighted by atomic mass is 16.3. The fraction of sp³-hybridized carbons (Fsp3) is 0.625. The lowest BCUT2D eigenvalue weighted by atomic mass is 9.91. The number of phenolic OH excluding ortho intramolecular Hbond substituents is 1. The Morgan fingerprint density at radius 1 is 1.00 bits per heavy atom. The monoisotopic (exact) mass is 412 g/mol. The van der Waals surface area contributed by atoms with Crippen molar-refractivity contribution in [3.63, 3.8) is 0 Å². The summed E-state index contributed by atoms with van der Waals surface area (Å²) in [4.78, 5) is 9.24. The van der Waals surface area contributed by atoms with Gasteiger partial charge in [-0.3, -0.25) is 9.80 Å². The van der Waals surface area contributed by atoms with Crippen LogP contribution in [0.1, 0.15) is 56.0 Å². The molecule has 3 heterocycles.